The van der Waals surface area contributed by atoms with Gasteiger partial charge in [-0.1, -0.05) is 0 Å². The second-order valence-electron chi connectivity index (χ2n) is 3.17. The number of carbonyl (C=O) groups excluding carboxylic acids is 1. The summed E-state index contributed by atoms with van der Waals surface area (Å²) in [6, 6.07) is 4.22. The van der Waals surface area contributed by atoms with Gasteiger partial charge in [-0.3, -0.25) is 0 Å². The van der Waals surface area contributed by atoms with E-state index in [1.54, 1.807) is 11.3 Å². The van der Waals surface area contributed by atoms with Gasteiger partial charge in [0.2, 0.25) is 0 Å². The molecule has 0 saturated carbocycles. The highest BCUT2D eigenvalue weighted by molar-refractivity contribution is 9.11. The second kappa shape index (κ2) is 4.31. The lowest BCUT2D eigenvalue weighted by atomic mass is 10.3. The van der Waals surface area contributed by atoms with Crippen LogP contribution in [0.3, 0.4) is 0 Å². The van der Waals surface area contributed by atoms with E-state index >= 15 is 0 Å². The Morgan fingerprint density at radius 3 is 3.00 bits per heavy atom. The monoisotopic (exact) mass is 274 g/mol. The number of rotatable bonds is 3. The van der Waals surface area contributed by atoms with E-state index < -0.39 is 0 Å². The van der Waals surface area contributed by atoms with Crippen LogP contribution in [0.15, 0.2) is 15.9 Å². The summed E-state index contributed by atoms with van der Waals surface area (Å²) < 4.78 is 1.15. The average molecular weight is 275 g/mol. The van der Waals surface area contributed by atoms with Crippen LogP contribution in [-0.4, -0.2) is 30.6 Å². The third-order valence-corrected chi connectivity index (χ3v) is 3.89. The average Bonchev–Trinajstić information content (AvgIpc) is 2.72. The van der Waals surface area contributed by atoms with E-state index in [9.17, 15) is 4.79 Å². The number of urea groups is 1. The number of nitrogens with zero attached hydrogens (tertiary/aromatic N) is 1. The Morgan fingerprint density at radius 1 is 1.57 bits per heavy atom. The molecular formula is C9H11BrN2OS. The van der Waals surface area contributed by atoms with E-state index in [1.165, 1.54) is 4.88 Å². The topological polar surface area (TPSA) is 32.3 Å². The van der Waals surface area contributed by atoms with Crippen LogP contribution in [0, 0.1) is 0 Å². The Morgan fingerprint density at radius 2 is 2.43 bits per heavy atom. The first-order valence-corrected chi connectivity index (χ1v) is 6.13. The van der Waals surface area contributed by atoms with Crippen molar-refractivity contribution < 1.29 is 4.79 Å². The van der Waals surface area contributed by atoms with Gasteiger partial charge in [0.15, 0.2) is 0 Å². The molecule has 14 heavy (non-hydrogen) atoms. The molecule has 2 amide bonds. The molecule has 0 aliphatic carbocycles. The lowest BCUT2D eigenvalue weighted by Gasteiger charge is -2.12. The molecular weight excluding hydrogens is 264 g/mol. The van der Waals surface area contributed by atoms with E-state index in [0.29, 0.717) is 0 Å². The Kier molecular flexibility index (Phi) is 3.08. The van der Waals surface area contributed by atoms with Crippen LogP contribution in [0.25, 0.3) is 0 Å². The molecule has 1 aliphatic rings. The maximum atomic E-state index is 11.2. The molecule has 0 atom stereocenters. The minimum absolute atomic E-state index is 0.0700. The number of hydrogen-bond acceptors (Lipinski definition) is 2. The first-order valence-electron chi connectivity index (χ1n) is 4.53. The summed E-state index contributed by atoms with van der Waals surface area (Å²) in [6.45, 7) is 2.44. The summed E-state index contributed by atoms with van der Waals surface area (Å²) in [4.78, 5) is 14.4. The van der Waals surface area contributed by atoms with Crippen LogP contribution in [-0.2, 0) is 6.42 Å². The van der Waals surface area contributed by atoms with Gasteiger partial charge < -0.3 is 10.2 Å². The normalized spacial score (nSPS) is 16.1. The van der Waals surface area contributed by atoms with Crippen molar-refractivity contribution in [1.82, 2.24) is 10.2 Å². The molecule has 0 unspecified atom stereocenters. The number of amides is 2. The van der Waals surface area contributed by atoms with Crippen molar-refractivity contribution in [2.75, 3.05) is 19.6 Å². The second-order valence-corrected chi connectivity index (χ2v) is 5.72. The van der Waals surface area contributed by atoms with Crippen LogP contribution in [0.2, 0.25) is 0 Å². The van der Waals surface area contributed by atoms with Crippen molar-refractivity contribution in [2.45, 2.75) is 6.42 Å². The first kappa shape index (κ1) is 9.98. The molecule has 1 fully saturated rings. The summed E-state index contributed by atoms with van der Waals surface area (Å²) >= 11 is 5.15. The van der Waals surface area contributed by atoms with Crippen molar-refractivity contribution >= 4 is 33.3 Å². The predicted octanol–water partition coefficient (Wildman–Crippen LogP) is 2.08. The summed E-state index contributed by atoms with van der Waals surface area (Å²) in [5.41, 5.74) is 0. The van der Waals surface area contributed by atoms with E-state index in [-0.39, 0.29) is 6.03 Å². The van der Waals surface area contributed by atoms with Gasteiger partial charge in [-0.2, -0.15) is 0 Å². The minimum Gasteiger partial charge on any atom is -0.336 e. The van der Waals surface area contributed by atoms with E-state index in [0.717, 1.165) is 29.8 Å². The molecule has 0 radical (unpaired) electrons. The third kappa shape index (κ3) is 2.27. The third-order valence-electron chi connectivity index (χ3n) is 2.20. The van der Waals surface area contributed by atoms with Crippen LogP contribution in [0.1, 0.15) is 4.88 Å². The molecule has 2 heterocycles. The molecule has 1 saturated heterocycles. The molecule has 0 aromatic carbocycles. The lowest BCUT2D eigenvalue weighted by molar-refractivity contribution is 0.218. The molecule has 1 aliphatic heterocycles. The Balaban J connectivity index is 1.85. The van der Waals surface area contributed by atoms with Crippen molar-refractivity contribution in [3.63, 3.8) is 0 Å². The number of thiophene rings is 1. The van der Waals surface area contributed by atoms with Crippen molar-refractivity contribution in [3.8, 4) is 0 Å². The number of carbonyl (C=O) groups is 1. The maximum absolute atomic E-state index is 11.2. The highest BCUT2D eigenvalue weighted by atomic mass is 79.9. The first-order chi connectivity index (χ1) is 6.75. The van der Waals surface area contributed by atoms with E-state index in [2.05, 4.69) is 27.3 Å². The van der Waals surface area contributed by atoms with Gasteiger partial charge in [-0.05, 0) is 34.5 Å². The summed E-state index contributed by atoms with van der Waals surface area (Å²) in [7, 11) is 0. The predicted molar refractivity (Wildman–Crippen MR) is 60.7 cm³/mol. The fourth-order valence-electron chi connectivity index (χ4n) is 1.46. The molecule has 3 nitrogen and oxygen atoms in total. The molecule has 2 rings (SSSR count). The number of nitrogens with one attached hydrogen (secondary N) is 1. The molecule has 1 aromatic heterocycles. The zero-order chi connectivity index (χ0) is 9.97. The molecule has 1 N–H and O–H groups in total. The van der Waals surface area contributed by atoms with Crippen LogP contribution in [0.4, 0.5) is 4.79 Å². The highest BCUT2D eigenvalue weighted by Crippen LogP contribution is 2.22. The van der Waals surface area contributed by atoms with Crippen molar-refractivity contribution in [3.05, 3.63) is 20.8 Å². The smallest absolute Gasteiger partial charge is 0.317 e. The van der Waals surface area contributed by atoms with Gasteiger partial charge in [-0.15, -0.1) is 11.3 Å². The van der Waals surface area contributed by atoms with E-state index in [1.807, 2.05) is 11.0 Å². The van der Waals surface area contributed by atoms with Gasteiger partial charge in [-0.25, -0.2) is 4.79 Å². The quantitative estimate of drug-likeness (QED) is 0.900. The van der Waals surface area contributed by atoms with Crippen molar-refractivity contribution in [2.24, 2.45) is 0 Å². The molecule has 0 bridgehead atoms. The van der Waals surface area contributed by atoms with Crippen LogP contribution < -0.4 is 5.32 Å². The zero-order valence-electron chi connectivity index (χ0n) is 7.62. The van der Waals surface area contributed by atoms with Gasteiger partial charge in [0.05, 0.1) is 3.79 Å². The lowest BCUT2D eigenvalue weighted by Crippen LogP contribution is -2.29. The summed E-state index contributed by atoms with van der Waals surface area (Å²) in [6.07, 6.45) is 0.948. The maximum Gasteiger partial charge on any atom is 0.317 e. The zero-order valence-corrected chi connectivity index (χ0v) is 10.0. The van der Waals surface area contributed by atoms with Gasteiger partial charge in [0, 0.05) is 24.5 Å². The Labute approximate surface area is 95.2 Å². The minimum atomic E-state index is 0.0700. The number of halogens is 1. The molecule has 1 aromatic rings. The SMILES string of the molecule is O=C1NCCN1CCc1ccc(Br)s1. The fourth-order valence-corrected chi connectivity index (χ4v) is 2.93. The van der Waals surface area contributed by atoms with Crippen LogP contribution >= 0.6 is 27.3 Å². The van der Waals surface area contributed by atoms with Crippen LogP contribution in [0.5, 0.6) is 0 Å². The summed E-state index contributed by atoms with van der Waals surface area (Å²) in [5.74, 6) is 0. The number of hydrogen-bond donors (Lipinski definition) is 1. The molecule has 76 valence electrons. The van der Waals surface area contributed by atoms with E-state index in [4.69, 9.17) is 0 Å². The van der Waals surface area contributed by atoms with Gasteiger partial charge in [0.25, 0.3) is 0 Å². The summed E-state index contributed by atoms with van der Waals surface area (Å²) in [5, 5.41) is 2.79. The standard InChI is InChI=1S/C9H11BrN2OS/c10-8-2-1-7(14-8)3-5-12-6-4-11-9(12)13/h1-2H,3-6H2,(H,11,13). The van der Waals surface area contributed by atoms with Crippen molar-refractivity contribution in [1.29, 1.82) is 0 Å². The molecule has 0 spiro atoms. The van der Waals surface area contributed by atoms with Gasteiger partial charge >= 0.3 is 6.03 Å². The largest absolute Gasteiger partial charge is 0.336 e. The highest BCUT2D eigenvalue weighted by Gasteiger charge is 2.18. The van der Waals surface area contributed by atoms with Gasteiger partial charge in [0.1, 0.15) is 0 Å². The Bertz CT molecular complexity index is 339. The Hall–Kier alpha value is -0.550. The molecule has 5 heteroatoms. The fraction of sp³-hybridized carbons (Fsp3) is 0.444.